The summed E-state index contributed by atoms with van der Waals surface area (Å²) in [4.78, 5) is 0. The first-order valence-electron chi connectivity index (χ1n) is 4.86. The number of aryl methyl sites for hydroxylation is 2. The quantitative estimate of drug-likeness (QED) is 0.734. The molecule has 14 heavy (non-hydrogen) atoms. The number of rotatable bonds is 4. The summed E-state index contributed by atoms with van der Waals surface area (Å²) in [5.74, 6) is 0. The highest BCUT2D eigenvalue weighted by atomic mass is 15.1. The Labute approximate surface area is 84.9 Å². The van der Waals surface area contributed by atoms with Crippen LogP contribution in [0.5, 0.6) is 0 Å². The molecule has 0 aliphatic rings. The lowest BCUT2D eigenvalue weighted by molar-refractivity contribution is 0.553. The van der Waals surface area contributed by atoms with Crippen molar-refractivity contribution in [2.45, 2.75) is 33.4 Å². The molecule has 4 nitrogen and oxygen atoms in total. The molecule has 4 heteroatoms. The molecule has 0 unspecified atom stereocenters. The maximum atomic E-state index is 5.51. The molecular formula is C10H18N4. The SMILES string of the molecule is Cc1cc(CN[C@@H](C)CN)c(C)nn1. The van der Waals surface area contributed by atoms with E-state index < -0.39 is 0 Å². The van der Waals surface area contributed by atoms with Gasteiger partial charge in [-0.15, -0.1) is 0 Å². The molecule has 0 bridgehead atoms. The first-order valence-corrected chi connectivity index (χ1v) is 4.86. The molecule has 1 heterocycles. The fourth-order valence-electron chi connectivity index (χ4n) is 1.15. The van der Waals surface area contributed by atoms with Gasteiger partial charge in [0.05, 0.1) is 11.4 Å². The van der Waals surface area contributed by atoms with Crippen LogP contribution < -0.4 is 11.1 Å². The third-order valence-corrected chi connectivity index (χ3v) is 2.20. The molecule has 0 aliphatic heterocycles. The van der Waals surface area contributed by atoms with Gasteiger partial charge in [0.1, 0.15) is 0 Å². The molecule has 1 rings (SSSR count). The summed E-state index contributed by atoms with van der Waals surface area (Å²) >= 11 is 0. The van der Waals surface area contributed by atoms with Crippen LogP contribution in [-0.2, 0) is 6.54 Å². The third kappa shape index (κ3) is 3.05. The van der Waals surface area contributed by atoms with Gasteiger partial charge in [-0.05, 0) is 32.4 Å². The number of hydrogen-bond acceptors (Lipinski definition) is 4. The fraction of sp³-hybridized carbons (Fsp3) is 0.600. The Morgan fingerprint density at radius 3 is 2.79 bits per heavy atom. The number of hydrogen-bond donors (Lipinski definition) is 2. The van der Waals surface area contributed by atoms with E-state index in [-0.39, 0.29) is 0 Å². The second-order valence-corrected chi connectivity index (χ2v) is 3.61. The molecule has 78 valence electrons. The van der Waals surface area contributed by atoms with Gasteiger partial charge in [-0.25, -0.2) is 0 Å². The molecule has 3 N–H and O–H groups in total. The van der Waals surface area contributed by atoms with E-state index in [9.17, 15) is 0 Å². The van der Waals surface area contributed by atoms with Crippen LogP contribution in [0.15, 0.2) is 6.07 Å². The predicted molar refractivity (Wildman–Crippen MR) is 56.9 cm³/mol. The van der Waals surface area contributed by atoms with Crippen molar-refractivity contribution in [3.05, 3.63) is 23.0 Å². The zero-order chi connectivity index (χ0) is 10.6. The van der Waals surface area contributed by atoms with Gasteiger partial charge in [0.25, 0.3) is 0 Å². The maximum Gasteiger partial charge on any atom is 0.0645 e. The minimum Gasteiger partial charge on any atom is -0.329 e. The van der Waals surface area contributed by atoms with Gasteiger partial charge in [-0.1, -0.05) is 0 Å². The first-order chi connectivity index (χ1) is 6.63. The lowest BCUT2D eigenvalue weighted by Gasteiger charge is -2.12. The average molecular weight is 194 g/mol. The minimum atomic E-state index is 0.336. The van der Waals surface area contributed by atoms with E-state index in [0.29, 0.717) is 12.6 Å². The Hall–Kier alpha value is -1.00. The highest BCUT2D eigenvalue weighted by Crippen LogP contribution is 2.04. The van der Waals surface area contributed by atoms with Crippen LogP contribution in [-0.4, -0.2) is 22.8 Å². The predicted octanol–water partition coefficient (Wildman–Crippen LogP) is 0.530. The van der Waals surface area contributed by atoms with Crippen molar-refractivity contribution in [3.63, 3.8) is 0 Å². The van der Waals surface area contributed by atoms with E-state index in [1.807, 2.05) is 13.8 Å². The summed E-state index contributed by atoms with van der Waals surface area (Å²) in [6.07, 6.45) is 0. The van der Waals surface area contributed by atoms with Crippen LogP contribution in [0.3, 0.4) is 0 Å². The zero-order valence-electron chi connectivity index (χ0n) is 9.04. The van der Waals surface area contributed by atoms with Crippen molar-refractivity contribution >= 4 is 0 Å². The molecular weight excluding hydrogens is 176 g/mol. The molecule has 0 fully saturated rings. The minimum absolute atomic E-state index is 0.336. The molecule has 0 saturated carbocycles. The van der Waals surface area contributed by atoms with E-state index in [2.05, 4.69) is 28.5 Å². The summed E-state index contributed by atoms with van der Waals surface area (Å²) < 4.78 is 0. The zero-order valence-corrected chi connectivity index (χ0v) is 9.04. The second kappa shape index (κ2) is 5.02. The Morgan fingerprint density at radius 1 is 1.43 bits per heavy atom. The summed E-state index contributed by atoms with van der Waals surface area (Å²) in [6.45, 7) is 7.44. The normalized spacial score (nSPS) is 12.9. The second-order valence-electron chi connectivity index (χ2n) is 3.61. The Morgan fingerprint density at radius 2 is 2.14 bits per heavy atom. The van der Waals surface area contributed by atoms with E-state index in [4.69, 9.17) is 5.73 Å². The lowest BCUT2D eigenvalue weighted by Crippen LogP contribution is -2.32. The van der Waals surface area contributed by atoms with E-state index in [1.54, 1.807) is 0 Å². The molecule has 1 atom stereocenters. The van der Waals surface area contributed by atoms with Crippen molar-refractivity contribution < 1.29 is 0 Å². The van der Waals surface area contributed by atoms with Gasteiger partial charge in [0.15, 0.2) is 0 Å². The average Bonchev–Trinajstić information content (AvgIpc) is 2.19. The van der Waals surface area contributed by atoms with Gasteiger partial charge in [0, 0.05) is 19.1 Å². The van der Waals surface area contributed by atoms with Crippen molar-refractivity contribution in [3.8, 4) is 0 Å². The Kier molecular flexibility index (Phi) is 3.98. The number of nitrogens with one attached hydrogen (secondary N) is 1. The summed E-state index contributed by atoms with van der Waals surface area (Å²) in [5, 5.41) is 11.4. The summed E-state index contributed by atoms with van der Waals surface area (Å²) in [6, 6.07) is 2.39. The van der Waals surface area contributed by atoms with E-state index in [0.717, 1.165) is 17.9 Å². The maximum absolute atomic E-state index is 5.51. The van der Waals surface area contributed by atoms with Crippen LogP contribution in [0.1, 0.15) is 23.9 Å². The van der Waals surface area contributed by atoms with E-state index in [1.165, 1.54) is 5.56 Å². The molecule has 0 aliphatic carbocycles. The van der Waals surface area contributed by atoms with Crippen LogP contribution in [0.4, 0.5) is 0 Å². The summed E-state index contributed by atoms with van der Waals surface area (Å²) in [7, 11) is 0. The van der Waals surface area contributed by atoms with E-state index >= 15 is 0 Å². The monoisotopic (exact) mass is 194 g/mol. The van der Waals surface area contributed by atoms with Gasteiger partial charge in [0.2, 0.25) is 0 Å². The van der Waals surface area contributed by atoms with Crippen molar-refractivity contribution in [1.29, 1.82) is 0 Å². The van der Waals surface area contributed by atoms with Crippen molar-refractivity contribution in [2.24, 2.45) is 5.73 Å². The van der Waals surface area contributed by atoms with Crippen LogP contribution in [0.25, 0.3) is 0 Å². The Bertz CT molecular complexity index is 298. The molecule has 0 aromatic carbocycles. The molecule has 1 aromatic rings. The highest BCUT2D eigenvalue weighted by Gasteiger charge is 2.03. The number of nitrogens with zero attached hydrogens (tertiary/aromatic N) is 2. The van der Waals surface area contributed by atoms with Crippen molar-refractivity contribution in [1.82, 2.24) is 15.5 Å². The lowest BCUT2D eigenvalue weighted by atomic mass is 10.2. The van der Waals surface area contributed by atoms with Gasteiger partial charge < -0.3 is 11.1 Å². The molecule has 0 saturated heterocycles. The van der Waals surface area contributed by atoms with Gasteiger partial charge >= 0.3 is 0 Å². The number of nitrogens with two attached hydrogens (primary N) is 1. The molecule has 0 radical (unpaired) electrons. The van der Waals surface area contributed by atoms with Crippen LogP contribution >= 0.6 is 0 Å². The van der Waals surface area contributed by atoms with Crippen LogP contribution in [0.2, 0.25) is 0 Å². The smallest absolute Gasteiger partial charge is 0.0645 e. The molecule has 0 amide bonds. The molecule has 0 spiro atoms. The fourth-order valence-corrected chi connectivity index (χ4v) is 1.15. The summed E-state index contributed by atoms with van der Waals surface area (Å²) in [5.41, 5.74) is 8.64. The number of aromatic nitrogens is 2. The van der Waals surface area contributed by atoms with Crippen LogP contribution in [0, 0.1) is 13.8 Å². The third-order valence-electron chi connectivity index (χ3n) is 2.20. The standard InChI is InChI=1S/C10H18N4/c1-7-4-10(9(3)14-13-7)6-12-8(2)5-11/h4,8,12H,5-6,11H2,1-3H3/t8-/m0/s1. The van der Waals surface area contributed by atoms with Crippen molar-refractivity contribution in [2.75, 3.05) is 6.54 Å². The topological polar surface area (TPSA) is 63.8 Å². The van der Waals surface area contributed by atoms with Gasteiger partial charge in [-0.2, -0.15) is 10.2 Å². The first kappa shape index (κ1) is 11.1. The largest absolute Gasteiger partial charge is 0.329 e. The molecule has 1 aromatic heterocycles. The highest BCUT2D eigenvalue weighted by molar-refractivity contribution is 5.19. The van der Waals surface area contributed by atoms with Gasteiger partial charge in [-0.3, -0.25) is 0 Å². The Balaban J connectivity index is 2.62.